The Morgan fingerprint density at radius 1 is 1.56 bits per heavy atom. The quantitative estimate of drug-likeness (QED) is 0.603. The first-order valence-electron chi connectivity index (χ1n) is 5.83. The van der Waals surface area contributed by atoms with Crippen molar-refractivity contribution in [3.05, 3.63) is 5.01 Å². The van der Waals surface area contributed by atoms with Crippen molar-refractivity contribution in [1.82, 2.24) is 15.1 Å². The summed E-state index contributed by atoms with van der Waals surface area (Å²) in [5.41, 5.74) is 2.53. The Morgan fingerprint density at radius 3 is 3.12 bits per heavy atom. The predicted octanol–water partition coefficient (Wildman–Crippen LogP) is 1.45. The van der Waals surface area contributed by atoms with Crippen LogP contribution in [0.2, 0.25) is 0 Å². The fraction of sp³-hybridized carbons (Fsp3) is 0.800. The van der Waals surface area contributed by atoms with Gasteiger partial charge < -0.3 is 0 Å². The van der Waals surface area contributed by atoms with Crippen LogP contribution in [0.15, 0.2) is 0 Å². The van der Waals surface area contributed by atoms with Crippen LogP contribution in [-0.4, -0.2) is 28.2 Å². The Bertz CT molecular complexity index is 327. The van der Waals surface area contributed by atoms with E-state index in [1.807, 2.05) is 0 Å². The molecule has 2 heterocycles. The highest BCUT2D eigenvalue weighted by Crippen LogP contribution is 2.23. The molecular weight excluding hydrogens is 222 g/mol. The van der Waals surface area contributed by atoms with Crippen molar-refractivity contribution >= 4 is 16.5 Å². The Morgan fingerprint density at radius 2 is 2.44 bits per heavy atom. The first-order chi connectivity index (χ1) is 7.81. The van der Waals surface area contributed by atoms with Gasteiger partial charge in [0.1, 0.15) is 5.01 Å². The van der Waals surface area contributed by atoms with Gasteiger partial charge in [-0.05, 0) is 25.3 Å². The van der Waals surface area contributed by atoms with Gasteiger partial charge in [-0.2, -0.15) is 0 Å². The van der Waals surface area contributed by atoms with Crippen molar-refractivity contribution in [1.29, 1.82) is 0 Å². The van der Waals surface area contributed by atoms with Crippen LogP contribution in [0.1, 0.15) is 31.2 Å². The number of hydrazine groups is 1. The predicted molar refractivity (Wildman–Crippen MR) is 66.0 cm³/mol. The molecule has 0 radical (unpaired) electrons. The summed E-state index contributed by atoms with van der Waals surface area (Å²) in [5.74, 6) is 6.16. The van der Waals surface area contributed by atoms with Gasteiger partial charge in [0.2, 0.25) is 5.13 Å². The van der Waals surface area contributed by atoms with Crippen LogP contribution < -0.4 is 11.3 Å². The van der Waals surface area contributed by atoms with Gasteiger partial charge in [-0.15, -0.1) is 10.2 Å². The summed E-state index contributed by atoms with van der Waals surface area (Å²) in [6, 6.07) is 0. The molecule has 0 amide bonds. The van der Waals surface area contributed by atoms with E-state index in [-0.39, 0.29) is 0 Å². The maximum absolute atomic E-state index is 5.28. The van der Waals surface area contributed by atoms with Crippen LogP contribution in [0.4, 0.5) is 5.13 Å². The minimum absolute atomic E-state index is 0.694. The monoisotopic (exact) mass is 241 g/mol. The zero-order valence-corrected chi connectivity index (χ0v) is 10.5. The molecule has 1 fully saturated rings. The van der Waals surface area contributed by atoms with E-state index in [0.717, 1.165) is 17.5 Å². The standard InChI is InChI=1S/C10H19N5S/c1-2-3-8-4-5-15(6-8)7-9-13-14-10(12-11)16-9/h8H,2-7,11H2,1H3,(H,12,14). The van der Waals surface area contributed by atoms with Crippen molar-refractivity contribution in [2.75, 3.05) is 18.5 Å². The lowest BCUT2D eigenvalue weighted by Crippen LogP contribution is -2.20. The molecular formula is C10H19N5S. The molecule has 1 aliphatic heterocycles. The van der Waals surface area contributed by atoms with E-state index in [4.69, 9.17) is 5.84 Å². The average molecular weight is 241 g/mol. The molecule has 1 unspecified atom stereocenters. The lowest BCUT2D eigenvalue weighted by Gasteiger charge is -2.13. The molecule has 6 heteroatoms. The van der Waals surface area contributed by atoms with Gasteiger partial charge in [0.25, 0.3) is 0 Å². The molecule has 16 heavy (non-hydrogen) atoms. The van der Waals surface area contributed by atoms with Gasteiger partial charge in [0.05, 0.1) is 6.54 Å². The van der Waals surface area contributed by atoms with E-state index < -0.39 is 0 Å². The maximum Gasteiger partial charge on any atom is 0.219 e. The zero-order chi connectivity index (χ0) is 11.4. The van der Waals surface area contributed by atoms with Crippen molar-refractivity contribution in [3.8, 4) is 0 Å². The Balaban J connectivity index is 1.82. The third-order valence-electron chi connectivity index (χ3n) is 3.02. The summed E-state index contributed by atoms with van der Waals surface area (Å²) < 4.78 is 0. The number of rotatable bonds is 5. The number of likely N-dealkylation sites (tertiary alicyclic amines) is 1. The number of anilines is 1. The van der Waals surface area contributed by atoms with E-state index >= 15 is 0 Å². The number of nitrogens with one attached hydrogen (secondary N) is 1. The second kappa shape index (κ2) is 5.56. The Hall–Kier alpha value is -0.720. The lowest BCUT2D eigenvalue weighted by atomic mass is 10.0. The first kappa shape index (κ1) is 11.8. The Kier molecular flexibility index (Phi) is 4.09. The zero-order valence-electron chi connectivity index (χ0n) is 9.65. The van der Waals surface area contributed by atoms with Crippen molar-refractivity contribution in [2.24, 2.45) is 11.8 Å². The van der Waals surface area contributed by atoms with Gasteiger partial charge in [0, 0.05) is 6.54 Å². The third kappa shape index (κ3) is 2.90. The molecule has 2 rings (SSSR count). The Labute approximate surface area is 100 Å². The minimum atomic E-state index is 0.694. The summed E-state index contributed by atoms with van der Waals surface area (Å²) in [7, 11) is 0. The van der Waals surface area contributed by atoms with Crippen LogP contribution in [0.3, 0.4) is 0 Å². The molecule has 0 spiro atoms. The molecule has 0 bridgehead atoms. The molecule has 5 nitrogen and oxygen atoms in total. The normalized spacial score (nSPS) is 21.5. The highest BCUT2D eigenvalue weighted by atomic mass is 32.1. The van der Waals surface area contributed by atoms with Crippen LogP contribution >= 0.6 is 11.3 Å². The topological polar surface area (TPSA) is 67.1 Å². The highest BCUT2D eigenvalue weighted by Gasteiger charge is 2.22. The summed E-state index contributed by atoms with van der Waals surface area (Å²) in [6.45, 7) is 5.57. The van der Waals surface area contributed by atoms with E-state index in [1.165, 1.54) is 43.7 Å². The SMILES string of the molecule is CCCC1CCN(Cc2nnc(NN)s2)C1. The van der Waals surface area contributed by atoms with Crippen molar-refractivity contribution in [2.45, 2.75) is 32.7 Å². The van der Waals surface area contributed by atoms with Gasteiger partial charge in [-0.25, -0.2) is 5.84 Å². The number of nitrogen functional groups attached to an aromatic ring is 1. The number of hydrogen-bond acceptors (Lipinski definition) is 6. The maximum atomic E-state index is 5.28. The molecule has 1 aromatic heterocycles. The van der Waals surface area contributed by atoms with E-state index in [9.17, 15) is 0 Å². The molecule has 0 aliphatic carbocycles. The summed E-state index contributed by atoms with van der Waals surface area (Å²) >= 11 is 1.53. The van der Waals surface area contributed by atoms with Gasteiger partial charge in [-0.3, -0.25) is 10.3 Å². The number of hydrogen-bond donors (Lipinski definition) is 2. The van der Waals surface area contributed by atoms with Crippen molar-refractivity contribution < 1.29 is 0 Å². The van der Waals surface area contributed by atoms with E-state index in [2.05, 4.69) is 27.4 Å². The van der Waals surface area contributed by atoms with Crippen LogP contribution in [0.5, 0.6) is 0 Å². The summed E-state index contributed by atoms with van der Waals surface area (Å²) in [4.78, 5) is 2.46. The molecule has 90 valence electrons. The van der Waals surface area contributed by atoms with Crippen LogP contribution in [-0.2, 0) is 6.54 Å². The summed E-state index contributed by atoms with van der Waals surface area (Å²) in [6.07, 6.45) is 3.97. The molecule has 1 aliphatic rings. The van der Waals surface area contributed by atoms with E-state index in [0.29, 0.717) is 5.13 Å². The second-order valence-electron chi connectivity index (χ2n) is 4.32. The number of aromatic nitrogens is 2. The van der Waals surface area contributed by atoms with Gasteiger partial charge >= 0.3 is 0 Å². The number of nitrogens with zero attached hydrogens (tertiary/aromatic N) is 3. The highest BCUT2D eigenvalue weighted by molar-refractivity contribution is 7.15. The van der Waals surface area contributed by atoms with Crippen LogP contribution in [0, 0.1) is 5.92 Å². The van der Waals surface area contributed by atoms with Gasteiger partial charge in [-0.1, -0.05) is 24.7 Å². The smallest absolute Gasteiger partial charge is 0.219 e. The fourth-order valence-electron chi connectivity index (χ4n) is 2.27. The third-order valence-corrected chi connectivity index (χ3v) is 3.86. The minimum Gasteiger partial charge on any atom is -0.298 e. The average Bonchev–Trinajstić information content (AvgIpc) is 2.89. The van der Waals surface area contributed by atoms with E-state index in [1.54, 1.807) is 0 Å². The first-order valence-corrected chi connectivity index (χ1v) is 6.64. The summed E-state index contributed by atoms with van der Waals surface area (Å²) in [5, 5.41) is 9.78. The van der Waals surface area contributed by atoms with Crippen LogP contribution in [0.25, 0.3) is 0 Å². The fourth-order valence-corrected chi connectivity index (χ4v) is 2.96. The van der Waals surface area contributed by atoms with Crippen molar-refractivity contribution in [3.63, 3.8) is 0 Å². The largest absolute Gasteiger partial charge is 0.298 e. The van der Waals surface area contributed by atoms with Gasteiger partial charge in [0.15, 0.2) is 0 Å². The lowest BCUT2D eigenvalue weighted by molar-refractivity contribution is 0.311. The number of nitrogens with two attached hydrogens (primary N) is 1. The second-order valence-corrected chi connectivity index (χ2v) is 5.39. The molecule has 1 saturated heterocycles. The molecule has 3 N–H and O–H groups in total. The molecule has 1 aromatic rings. The molecule has 0 aromatic carbocycles. The molecule has 0 saturated carbocycles. The molecule has 1 atom stereocenters.